The molecular formula is C13H16O4. The molecule has 1 aromatic rings. The van der Waals surface area contributed by atoms with Crippen molar-refractivity contribution in [1.82, 2.24) is 0 Å². The zero-order valence-electron chi connectivity index (χ0n) is 9.97. The van der Waals surface area contributed by atoms with Gasteiger partial charge in [-0.1, -0.05) is 37.3 Å². The number of esters is 1. The molecule has 0 aliphatic carbocycles. The van der Waals surface area contributed by atoms with Gasteiger partial charge in [0.1, 0.15) is 5.41 Å². The van der Waals surface area contributed by atoms with Crippen LogP contribution in [0.5, 0.6) is 0 Å². The summed E-state index contributed by atoms with van der Waals surface area (Å²) in [7, 11) is 1.28. The van der Waals surface area contributed by atoms with E-state index in [0.717, 1.165) is 0 Å². The molecule has 1 N–H and O–H groups in total. The van der Waals surface area contributed by atoms with E-state index in [9.17, 15) is 9.59 Å². The number of rotatable bonds is 5. The van der Waals surface area contributed by atoms with Crippen LogP contribution in [0.25, 0.3) is 0 Å². The lowest BCUT2D eigenvalue weighted by Gasteiger charge is -2.28. The van der Waals surface area contributed by atoms with E-state index in [1.54, 1.807) is 31.2 Å². The van der Waals surface area contributed by atoms with Crippen LogP contribution in [0.3, 0.4) is 0 Å². The topological polar surface area (TPSA) is 63.6 Å². The molecule has 0 fully saturated rings. The molecule has 0 aliphatic heterocycles. The van der Waals surface area contributed by atoms with E-state index in [0.29, 0.717) is 12.0 Å². The van der Waals surface area contributed by atoms with Crippen molar-refractivity contribution < 1.29 is 19.4 Å². The Balaban J connectivity index is 3.25. The smallest absolute Gasteiger partial charge is 0.316 e. The molecule has 1 rings (SSSR count). The van der Waals surface area contributed by atoms with Crippen LogP contribution in [-0.2, 0) is 19.7 Å². The first-order valence-corrected chi connectivity index (χ1v) is 5.42. The van der Waals surface area contributed by atoms with Crippen molar-refractivity contribution in [1.29, 1.82) is 0 Å². The van der Waals surface area contributed by atoms with Crippen molar-refractivity contribution in [2.75, 3.05) is 7.11 Å². The van der Waals surface area contributed by atoms with E-state index in [1.165, 1.54) is 7.11 Å². The Bertz CT molecular complexity index is 399. The lowest BCUT2D eigenvalue weighted by Crippen LogP contribution is -2.38. The molecule has 0 radical (unpaired) electrons. The van der Waals surface area contributed by atoms with E-state index in [1.807, 2.05) is 6.07 Å². The number of benzene rings is 1. The first-order chi connectivity index (χ1) is 8.06. The van der Waals surface area contributed by atoms with Crippen molar-refractivity contribution in [3.05, 3.63) is 35.9 Å². The predicted molar refractivity (Wildman–Crippen MR) is 62.7 cm³/mol. The third-order valence-electron chi connectivity index (χ3n) is 2.96. The second-order valence-corrected chi connectivity index (χ2v) is 3.86. The lowest BCUT2D eigenvalue weighted by atomic mass is 9.75. The molecule has 0 saturated carbocycles. The molecule has 1 atom stereocenters. The average molecular weight is 236 g/mol. The fourth-order valence-corrected chi connectivity index (χ4v) is 1.98. The van der Waals surface area contributed by atoms with Gasteiger partial charge in [-0.05, 0) is 12.0 Å². The molecule has 0 heterocycles. The molecule has 4 heteroatoms. The Kier molecular flexibility index (Phi) is 4.26. The summed E-state index contributed by atoms with van der Waals surface area (Å²) < 4.78 is 4.76. The number of carbonyl (C=O) groups is 2. The highest BCUT2D eigenvalue weighted by Crippen LogP contribution is 2.33. The fraction of sp³-hybridized carbons (Fsp3) is 0.385. The van der Waals surface area contributed by atoms with Crippen molar-refractivity contribution in [3.8, 4) is 0 Å². The molecule has 0 bridgehead atoms. The number of aliphatic carboxylic acids is 1. The van der Waals surface area contributed by atoms with Crippen molar-refractivity contribution in [2.24, 2.45) is 0 Å². The minimum absolute atomic E-state index is 0.264. The summed E-state index contributed by atoms with van der Waals surface area (Å²) in [5.41, 5.74) is -0.418. The molecule has 1 aromatic carbocycles. The fourth-order valence-electron chi connectivity index (χ4n) is 1.98. The second-order valence-electron chi connectivity index (χ2n) is 3.86. The number of hydrogen-bond acceptors (Lipinski definition) is 3. The predicted octanol–water partition coefficient (Wildman–Crippen LogP) is 1.98. The summed E-state index contributed by atoms with van der Waals surface area (Å²) in [6, 6.07) is 8.89. The number of methoxy groups -OCH3 is 1. The van der Waals surface area contributed by atoms with Gasteiger partial charge in [0.05, 0.1) is 13.5 Å². The molecule has 17 heavy (non-hydrogen) atoms. The van der Waals surface area contributed by atoms with Crippen LogP contribution >= 0.6 is 0 Å². The van der Waals surface area contributed by atoms with Crippen LogP contribution < -0.4 is 0 Å². The minimum atomic E-state index is -1.10. The maximum absolute atomic E-state index is 11.9. The van der Waals surface area contributed by atoms with Gasteiger partial charge in [-0.25, -0.2) is 0 Å². The van der Waals surface area contributed by atoms with Gasteiger partial charge < -0.3 is 9.84 Å². The van der Waals surface area contributed by atoms with Crippen LogP contribution in [0.2, 0.25) is 0 Å². The maximum Gasteiger partial charge on any atom is 0.316 e. The van der Waals surface area contributed by atoms with Gasteiger partial charge in [0.2, 0.25) is 0 Å². The van der Waals surface area contributed by atoms with Crippen LogP contribution in [0.4, 0.5) is 0 Å². The molecular weight excluding hydrogens is 220 g/mol. The Labute approximate surface area is 100 Å². The third kappa shape index (κ3) is 2.64. The third-order valence-corrected chi connectivity index (χ3v) is 2.96. The monoisotopic (exact) mass is 236 g/mol. The molecule has 0 aliphatic rings. The van der Waals surface area contributed by atoms with E-state index < -0.39 is 17.4 Å². The summed E-state index contributed by atoms with van der Waals surface area (Å²) in [5.74, 6) is -1.52. The van der Waals surface area contributed by atoms with Crippen LogP contribution in [0.1, 0.15) is 25.3 Å². The van der Waals surface area contributed by atoms with E-state index in [-0.39, 0.29) is 6.42 Å². The summed E-state index contributed by atoms with van der Waals surface area (Å²) >= 11 is 0. The lowest BCUT2D eigenvalue weighted by molar-refractivity contribution is -0.153. The van der Waals surface area contributed by atoms with Gasteiger partial charge in [-0.15, -0.1) is 0 Å². The first-order valence-electron chi connectivity index (χ1n) is 5.42. The molecule has 0 spiro atoms. The molecule has 1 unspecified atom stereocenters. The van der Waals surface area contributed by atoms with Gasteiger partial charge in [0.15, 0.2) is 0 Å². The SMILES string of the molecule is CCC(CC(=O)O)(C(=O)OC)c1ccccc1. The highest BCUT2D eigenvalue weighted by molar-refractivity contribution is 5.88. The average Bonchev–Trinajstić information content (AvgIpc) is 2.35. The van der Waals surface area contributed by atoms with Gasteiger partial charge >= 0.3 is 11.9 Å². The highest BCUT2D eigenvalue weighted by atomic mass is 16.5. The second kappa shape index (κ2) is 5.48. The van der Waals surface area contributed by atoms with E-state index in [4.69, 9.17) is 9.84 Å². The van der Waals surface area contributed by atoms with Crippen LogP contribution in [-0.4, -0.2) is 24.2 Å². The minimum Gasteiger partial charge on any atom is -0.481 e. The number of carboxylic acid groups (broad SMARTS) is 1. The number of carbonyl (C=O) groups excluding carboxylic acids is 1. The molecule has 0 saturated heterocycles. The van der Waals surface area contributed by atoms with Gasteiger partial charge in [-0.2, -0.15) is 0 Å². The number of carboxylic acids is 1. The van der Waals surface area contributed by atoms with Crippen molar-refractivity contribution in [2.45, 2.75) is 25.2 Å². The first kappa shape index (κ1) is 13.2. The zero-order chi connectivity index (χ0) is 12.9. The summed E-state index contributed by atoms with van der Waals surface area (Å²) in [6.07, 6.45) is 0.121. The summed E-state index contributed by atoms with van der Waals surface area (Å²) in [6.45, 7) is 1.78. The largest absolute Gasteiger partial charge is 0.481 e. The van der Waals surface area contributed by atoms with Crippen LogP contribution in [0, 0.1) is 0 Å². The summed E-state index contributed by atoms with van der Waals surface area (Å²) in [4.78, 5) is 22.9. The zero-order valence-corrected chi connectivity index (χ0v) is 9.97. The highest BCUT2D eigenvalue weighted by Gasteiger charge is 2.41. The maximum atomic E-state index is 11.9. The van der Waals surface area contributed by atoms with Gasteiger partial charge in [-0.3, -0.25) is 9.59 Å². The Hall–Kier alpha value is -1.84. The van der Waals surface area contributed by atoms with Crippen molar-refractivity contribution in [3.63, 3.8) is 0 Å². The van der Waals surface area contributed by atoms with Gasteiger partial charge in [0, 0.05) is 0 Å². The Morgan fingerprint density at radius 3 is 2.29 bits per heavy atom. The van der Waals surface area contributed by atoms with Gasteiger partial charge in [0.25, 0.3) is 0 Å². The number of ether oxygens (including phenoxy) is 1. The van der Waals surface area contributed by atoms with Crippen molar-refractivity contribution >= 4 is 11.9 Å². The number of hydrogen-bond donors (Lipinski definition) is 1. The van der Waals surface area contributed by atoms with E-state index >= 15 is 0 Å². The Morgan fingerprint density at radius 2 is 1.88 bits per heavy atom. The Morgan fingerprint density at radius 1 is 1.29 bits per heavy atom. The van der Waals surface area contributed by atoms with Crippen LogP contribution in [0.15, 0.2) is 30.3 Å². The normalized spacial score (nSPS) is 13.8. The standard InChI is InChI=1S/C13H16O4/c1-3-13(9-11(14)15,12(16)17-2)10-7-5-4-6-8-10/h4-8H,3,9H2,1-2H3,(H,14,15). The summed E-state index contributed by atoms with van der Waals surface area (Å²) in [5, 5.41) is 8.98. The van der Waals surface area contributed by atoms with E-state index in [2.05, 4.69) is 0 Å². The molecule has 0 aromatic heterocycles. The molecule has 0 amide bonds. The quantitative estimate of drug-likeness (QED) is 0.794. The molecule has 92 valence electrons. The molecule has 4 nitrogen and oxygen atoms in total.